The van der Waals surface area contributed by atoms with Crippen molar-refractivity contribution in [3.63, 3.8) is 0 Å². The minimum atomic E-state index is -1.68. The molecule has 2 aliphatic rings. The smallest absolute Gasteiger partial charge is 0.324 e. The number of benzene rings is 2. The lowest BCUT2D eigenvalue weighted by Gasteiger charge is -2.37. The summed E-state index contributed by atoms with van der Waals surface area (Å²) in [7, 11) is 0. The summed E-state index contributed by atoms with van der Waals surface area (Å²) >= 11 is 12.3. The quantitative estimate of drug-likeness (QED) is 0.446. The monoisotopic (exact) mass is 538 g/mol. The van der Waals surface area contributed by atoms with Gasteiger partial charge < -0.3 is 10.1 Å². The van der Waals surface area contributed by atoms with Gasteiger partial charge in [-0.15, -0.1) is 0 Å². The van der Waals surface area contributed by atoms with Crippen LogP contribution in [0.4, 0.5) is 14.5 Å². The van der Waals surface area contributed by atoms with Crippen LogP contribution >= 0.6 is 23.2 Å². The van der Waals surface area contributed by atoms with E-state index in [1.165, 1.54) is 18.2 Å². The molecule has 2 N–H and O–H groups in total. The number of anilines is 1. The topological polar surface area (TPSA) is 67.4 Å². The molecule has 2 aromatic rings. The average molecular weight is 539 g/mol. The Morgan fingerprint density at radius 1 is 1.11 bits per heavy atom. The van der Waals surface area contributed by atoms with Gasteiger partial charge in [-0.3, -0.25) is 14.9 Å². The maximum Gasteiger partial charge on any atom is 0.324 e. The van der Waals surface area contributed by atoms with Gasteiger partial charge in [0.2, 0.25) is 5.91 Å². The minimum Gasteiger partial charge on any atom is -0.459 e. The molecule has 0 aliphatic carbocycles. The van der Waals surface area contributed by atoms with Crippen LogP contribution in [-0.2, 0) is 19.7 Å². The third-order valence-corrected chi connectivity index (χ3v) is 7.15. The highest BCUT2D eigenvalue weighted by Crippen LogP contribution is 2.58. The first kappa shape index (κ1) is 26.8. The summed E-state index contributed by atoms with van der Waals surface area (Å²) < 4.78 is 37.1. The van der Waals surface area contributed by atoms with Crippen molar-refractivity contribution < 1.29 is 23.1 Å². The molecule has 2 heterocycles. The van der Waals surface area contributed by atoms with Crippen molar-refractivity contribution in [2.75, 3.05) is 5.32 Å². The predicted octanol–water partition coefficient (Wildman–Crippen LogP) is 6.36. The fourth-order valence-corrected chi connectivity index (χ4v) is 5.96. The number of amides is 1. The summed E-state index contributed by atoms with van der Waals surface area (Å²) in [6.07, 6.45) is 0.375. The number of carbonyl (C=O) groups is 2. The molecule has 1 saturated heterocycles. The van der Waals surface area contributed by atoms with Crippen molar-refractivity contribution in [1.29, 1.82) is 0 Å². The maximum absolute atomic E-state index is 15.8. The molecule has 1 fully saturated rings. The normalized spacial score (nSPS) is 25.7. The molecule has 4 rings (SSSR count). The van der Waals surface area contributed by atoms with Gasteiger partial charge in [-0.2, -0.15) is 0 Å². The highest BCUT2D eigenvalue weighted by molar-refractivity contribution is 6.31. The molecular weight excluding hydrogens is 509 g/mol. The number of hydrogen-bond acceptors (Lipinski definition) is 4. The van der Waals surface area contributed by atoms with Crippen LogP contribution in [-0.4, -0.2) is 29.6 Å². The molecule has 0 radical (unpaired) electrons. The Bertz CT molecular complexity index is 1240. The summed E-state index contributed by atoms with van der Waals surface area (Å²) in [6.45, 7) is 11.1. The molecule has 0 bridgehead atoms. The first-order valence-electron chi connectivity index (χ1n) is 11.8. The fourth-order valence-electron chi connectivity index (χ4n) is 5.57. The van der Waals surface area contributed by atoms with E-state index in [4.69, 9.17) is 27.9 Å². The molecule has 0 saturated carbocycles. The Kier molecular flexibility index (Phi) is 6.68. The Hall–Kier alpha value is -2.22. The first-order valence-corrected chi connectivity index (χ1v) is 12.6. The first-order chi connectivity index (χ1) is 16.6. The van der Waals surface area contributed by atoms with Gasteiger partial charge in [0, 0.05) is 28.2 Å². The summed E-state index contributed by atoms with van der Waals surface area (Å²) in [5.74, 6) is -3.86. The lowest BCUT2D eigenvalue weighted by Crippen LogP contribution is -2.50. The van der Waals surface area contributed by atoms with E-state index in [1.807, 2.05) is 20.8 Å². The Balaban J connectivity index is 2.05. The van der Waals surface area contributed by atoms with Crippen LogP contribution < -0.4 is 10.6 Å². The molecule has 0 aromatic heterocycles. The van der Waals surface area contributed by atoms with Crippen molar-refractivity contribution in [2.24, 2.45) is 5.41 Å². The highest BCUT2D eigenvalue weighted by Gasteiger charge is 2.67. The van der Waals surface area contributed by atoms with Gasteiger partial charge in [-0.1, -0.05) is 56.1 Å². The number of fused-ring (bicyclic) bond motifs is 2. The molecule has 194 valence electrons. The Morgan fingerprint density at radius 3 is 2.39 bits per heavy atom. The van der Waals surface area contributed by atoms with Crippen LogP contribution in [0.25, 0.3) is 0 Å². The molecule has 1 amide bonds. The molecule has 2 aromatic carbocycles. The highest BCUT2D eigenvalue weighted by atomic mass is 35.5. The van der Waals surface area contributed by atoms with Crippen LogP contribution in [0.3, 0.4) is 0 Å². The van der Waals surface area contributed by atoms with E-state index in [9.17, 15) is 9.59 Å². The molecule has 5 nitrogen and oxygen atoms in total. The van der Waals surface area contributed by atoms with E-state index in [1.54, 1.807) is 26.8 Å². The zero-order chi connectivity index (χ0) is 26.8. The number of halogens is 4. The Morgan fingerprint density at radius 2 is 1.78 bits per heavy atom. The van der Waals surface area contributed by atoms with Crippen LogP contribution in [0.1, 0.15) is 65.0 Å². The number of hydrogen-bond donors (Lipinski definition) is 2. The zero-order valence-corrected chi connectivity index (χ0v) is 22.6. The lowest BCUT2D eigenvalue weighted by molar-refractivity contribution is -0.157. The van der Waals surface area contributed by atoms with Gasteiger partial charge in [0.25, 0.3) is 0 Å². The van der Waals surface area contributed by atoms with E-state index >= 15 is 8.78 Å². The molecule has 4 atom stereocenters. The summed E-state index contributed by atoms with van der Waals surface area (Å²) in [4.78, 5) is 27.5. The zero-order valence-electron chi connectivity index (χ0n) is 21.1. The number of esters is 1. The van der Waals surface area contributed by atoms with E-state index in [0.29, 0.717) is 6.42 Å². The summed E-state index contributed by atoms with van der Waals surface area (Å²) in [5.41, 5.74) is -2.59. The van der Waals surface area contributed by atoms with Crippen LogP contribution in [0.2, 0.25) is 10.0 Å². The van der Waals surface area contributed by atoms with Crippen molar-refractivity contribution >= 4 is 40.8 Å². The molecule has 1 spiro atoms. The predicted molar refractivity (Wildman–Crippen MR) is 136 cm³/mol. The van der Waals surface area contributed by atoms with Crippen molar-refractivity contribution in [1.82, 2.24) is 5.32 Å². The number of carbonyl (C=O) groups excluding carboxylic acids is 2. The number of nitrogens with one attached hydrogen (secondary N) is 2. The third-order valence-electron chi connectivity index (χ3n) is 6.64. The Labute approximate surface area is 219 Å². The SMILES string of the molecule is CC(C)(C)CC1NC(C(=O)OC(C)(C)C)C(c2cccc(Cl)c2F)C12C(=O)Nc1cc(Cl)cc(F)c12. The van der Waals surface area contributed by atoms with Gasteiger partial charge in [-0.25, -0.2) is 8.78 Å². The van der Waals surface area contributed by atoms with Gasteiger partial charge >= 0.3 is 5.97 Å². The second-order valence-electron chi connectivity index (χ2n) is 11.7. The fraction of sp³-hybridized carbons (Fsp3) is 0.481. The van der Waals surface area contributed by atoms with Crippen LogP contribution in [0.15, 0.2) is 30.3 Å². The summed E-state index contributed by atoms with van der Waals surface area (Å²) in [5, 5.41) is 5.97. The largest absolute Gasteiger partial charge is 0.459 e. The van der Waals surface area contributed by atoms with Crippen LogP contribution in [0.5, 0.6) is 0 Å². The molecule has 36 heavy (non-hydrogen) atoms. The average Bonchev–Trinajstić information content (AvgIpc) is 3.17. The van der Waals surface area contributed by atoms with Crippen LogP contribution in [0, 0.1) is 17.0 Å². The summed E-state index contributed by atoms with van der Waals surface area (Å²) in [6, 6.07) is 5.10. The van der Waals surface area contributed by atoms with E-state index in [2.05, 4.69) is 10.6 Å². The van der Waals surface area contributed by atoms with Crippen molar-refractivity contribution in [2.45, 2.75) is 77.0 Å². The second kappa shape index (κ2) is 8.96. The van der Waals surface area contributed by atoms with Gasteiger partial charge in [0.1, 0.15) is 28.7 Å². The molecule has 4 unspecified atom stereocenters. The molecule has 2 aliphatic heterocycles. The number of rotatable bonds is 3. The van der Waals surface area contributed by atoms with Gasteiger partial charge in [-0.05, 0) is 56.4 Å². The van der Waals surface area contributed by atoms with E-state index in [-0.39, 0.29) is 32.3 Å². The van der Waals surface area contributed by atoms with E-state index < -0.39 is 52.5 Å². The molecular formula is C27H30Cl2F2N2O3. The van der Waals surface area contributed by atoms with Gasteiger partial charge in [0.05, 0.1) is 5.02 Å². The van der Waals surface area contributed by atoms with Gasteiger partial charge in [0.15, 0.2) is 0 Å². The third kappa shape index (κ3) is 4.50. The lowest BCUT2D eigenvalue weighted by atomic mass is 9.62. The number of ether oxygens (including phenoxy) is 1. The second-order valence-corrected chi connectivity index (χ2v) is 12.6. The molecule has 9 heteroatoms. The van der Waals surface area contributed by atoms with Crippen molar-refractivity contribution in [3.05, 3.63) is 63.1 Å². The minimum absolute atomic E-state index is 0.0274. The standard InChI is InChI=1S/C27H30Cl2F2N2O3/c1-25(2,3)12-18-27(20-16(30)10-13(28)11-17(20)32-24(27)35)19(14-8-7-9-15(29)21(14)31)22(33-18)23(34)36-26(4,5)6/h7-11,18-19,22,33H,12H2,1-6H3,(H,32,35). The van der Waals surface area contributed by atoms with E-state index in [0.717, 1.165) is 6.07 Å². The van der Waals surface area contributed by atoms with Crippen molar-refractivity contribution in [3.8, 4) is 0 Å². The maximum atomic E-state index is 15.8.